The van der Waals surface area contributed by atoms with Gasteiger partial charge in [-0.25, -0.2) is 4.98 Å². The number of primary amides is 2. The Kier molecular flexibility index (Phi) is 4.97. The number of fused-ring (bicyclic) bond motifs is 1. The number of rotatable bonds is 8. The fourth-order valence-electron chi connectivity index (χ4n) is 3.01. The Morgan fingerprint density at radius 3 is 2.72 bits per heavy atom. The van der Waals surface area contributed by atoms with Crippen molar-refractivity contribution in [3.8, 4) is 0 Å². The van der Waals surface area contributed by atoms with E-state index in [1.54, 1.807) is 10.7 Å². The topological polar surface area (TPSA) is 158 Å². The van der Waals surface area contributed by atoms with Gasteiger partial charge in [0.15, 0.2) is 5.65 Å². The summed E-state index contributed by atoms with van der Waals surface area (Å²) in [7, 11) is 0. The standard InChI is InChI=1S/C18H19N7O3S/c19-16(27)12(21-8-26)5-9-7-22-25-15(23-10-1-2-10)6-11(24-18(9)25)13-3-4-14(29-13)17(20)28/h4-8,10,13,23H,1-3H2,(H2,19,27)(H2,20,28)(H,21,26)/b12-5-. The van der Waals surface area contributed by atoms with Crippen LogP contribution in [0.2, 0.25) is 0 Å². The molecular weight excluding hydrogens is 394 g/mol. The third kappa shape index (κ3) is 3.94. The van der Waals surface area contributed by atoms with Crippen LogP contribution in [-0.4, -0.2) is 38.9 Å². The summed E-state index contributed by atoms with van der Waals surface area (Å²) in [5.41, 5.74) is 12.4. The molecule has 2 aliphatic rings. The van der Waals surface area contributed by atoms with Crippen LogP contribution >= 0.6 is 11.8 Å². The summed E-state index contributed by atoms with van der Waals surface area (Å²) in [6.07, 6.45) is 7.97. The molecule has 1 fully saturated rings. The normalized spacial score (nSPS) is 19.1. The van der Waals surface area contributed by atoms with E-state index in [1.165, 1.54) is 17.8 Å². The first-order valence-corrected chi connectivity index (χ1v) is 9.87. The van der Waals surface area contributed by atoms with E-state index in [1.807, 2.05) is 12.1 Å². The molecule has 4 rings (SSSR count). The summed E-state index contributed by atoms with van der Waals surface area (Å²) in [4.78, 5) is 39.0. The number of hydrogen-bond acceptors (Lipinski definition) is 7. The highest BCUT2D eigenvalue weighted by Crippen LogP contribution is 2.43. The van der Waals surface area contributed by atoms with Gasteiger partial charge in [0.1, 0.15) is 11.5 Å². The zero-order valence-corrected chi connectivity index (χ0v) is 16.1. The fraction of sp³-hybridized carbons (Fsp3) is 0.278. The van der Waals surface area contributed by atoms with E-state index >= 15 is 0 Å². The first-order chi connectivity index (χ1) is 14.0. The molecule has 29 heavy (non-hydrogen) atoms. The molecule has 0 saturated heterocycles. The fourth-order valence-corrected chi connectivity index (χ4v) is 4.06. The van der Waals surface area contributed by atoms with Gasteiger partial charge in [0, 0.05) is 17.7 Å². The Labute approximate surface area is 169 Å². The first kappa shape index (κ1) is 19.0. The molecule has 11 heteroatoms. The Bertz CT molecular complexity index is 1070. The molecule has 3 heterocycles. The number of nitrogens with zero attached hydrogens (tertiary/aromatic N) is 3. The van der Waals surface area contributed by atoms with E-state index in [2.05, 4.69) is 15.7 Å². The van der Waals surface area contributed by atoms with Gasteiger partial charge in [0.2, 0.25) is 6.41 Å². The molecule has 1 unspecified atom stereocenters. The second-order valence-electron chi connectivity index (χ2n) is 6.78. The molecule has 2 aromatic heterocycles. The van der Waals surface area contributed by atoms with Crippen molar-refractivity contribution in [2.45, 2.75) is 30.6 Å². The monoisotopic (exact) mass is 413 g/mol. The number of hydrogen-bond donors (Lipinski definition) is 4. The van der Waals surface area contributed by atoms with Crippen molar-refractivity contribution in [2.24, 2.45) is 11.5 Å². The van der Waals surface area contributed by atoms with Crippen LogP contribution in [0, 0.1) is 0 Å². The van der Waals surface area contributed by atoms with Gasteiger partial charge >= 0.3 is 0 Å². The lowest BCUT2D eigenvalue weighted by molar-refractivity contribution is -0.116. The Morgan fingerprint density at radius 1 is 1.31 bits per heavy atom. The smallest absolute Gasteiger partial charge is 0.265 e. The SMILES string of the molecule is NC(=O)C1=CCC(c2cc(NC3CC3)n3ncc(/C=C(\NC=O)C(N)=O)c3n2)S1. The summed E-state index contributed by atoms with van der Waals surface area (Å²) in [6, 6.07) is 2.30. The molecule has 6 N–H and O–H groups in total. The van der Waals surface area contributed by atoms with E-state index in [-0.39, 0.29) is 10.9 Å². The minimum Gasteiger partial charge on any atom is -0.367 e. The second-order valence-corrected chi connectivity index (χ2v) is 8.02. The number of amides is 3. The quantitative estimate of drug-likeness (QED) is 0.361. The van der Waals surface area contributed by atoms with Gasteiger partial charge in [-0.1, -0.05) is 6.08 Å². The molecule has 1 aliphatic heterocycles. The molecule has 0 aromatic carbocycles. The maximum Gasteiger partial charge on any atom is 0.265 e. The van der Waals surface area contributed by atoms with E-state index in [9.17, 15) is 14.4 Å². The molecule has 0 radical (unpaired) electrons. The predicted octanol–water partition coefficient (Wildman–Crippen LogP) is 0.423. The zero-order chi connectivity index (χ0) is 20.5. The number of aromatic nitrogens is 3. The molecule has 2 aromatic rings. The van der Waals surface area contributed by atoms with Gasteiger partial charge < -0.3 is 22.1 Å². The van der Waals surface area contributed by atoms with Crippen LogP contribution in [0.15, 0.2) is 28.9 Å². The Hall–Kier alpha value is -3.34. The first-order valence-electron chi connectivity index (χ1n) is 8.99. The van der Waals surface area contributed by atoms with Crippen molar-refractivity contribution in [2.75, 3.05) is 5.32 Å². The Balaban J connectivity index is 1.77. The van der Waals surface area contributed by atoms with Crippen LogP contribution < -0.4 is 22.1 Å². The van der Waals surface area contributed by atoms with Gasteiger partial charge in [-0.2, -0.15) is 9.61 Å². The van der Waals surface area contributed by atoms with Gasteiger partial charge in [-0.3, -0.25) is 14.4 Å². The number of carbonyl (C=O) groups excluding carboxylic acids is 3. The summed E-state index contributed by atoms with van der Waals surface area (Å²) in [6.45, 7) is 0. The number of carbonyl (C=O) groups is 3. The largest absolute Gasteiger partial charge is 0.367 e. The molecule has 0 bridgehead atoms. The highest BCUT2D eigenvalue weighted by Gasteiger charge is 2.27. The molecule has 3 amide bonds. The Morgan fingerprint density at radius 2 is 2.10 bits per heavy atom. The van der Waals surface area contributed by atoms with E-state index in [4.69, 9.17) is 16.5 Å². The highest BCUT2D eigenvalue weighted by atomic mass is 32.2. The lowest BCUT2D eigenvalue weighted by Crippen LogP contribution is -2.24. The third-order valence-corrected chi connectivity index (χ3v) is 5.93. The van der Waals surface area contributed by atoms with Crippen LogP contribution in [0.3, 0.4) is 0 Å². The average Bonchev–Trinajstić information content (AvgIpc) is 3.19. The van der Waals surface area contributed by atoms with Crippen LogP contribution in [0.4, 0.5) is 5.82 Å². The van der Waals surface area contributed by atoms with Crippen LogP contribution in [-0.2, 0) is 14.4 Å². The van der Waals surface area contributed by atoms with E-state index in [0.29, 0.717) is 35.0 Å². The van der Waals surface area contributed by atoms with Crippen molar-refractivity contribution in [3.63, 3.8) is 0 Å². The number of nitrogens with two attached hydrogens (primary N) is 2. The summed E-state index contributed by atoms with van der Waals surface area (Å²) in [5, 5.41) is 10.0. The summed E-state index contributed by atoms with van der Waals surface area (Å²) >= 11 is 1.38. The van der Waals surface area contributed by atoms with Crippen LogP contribution in [0.1, 0.15) is 35.8 Å². The number of allylic oxidation sites excluding steroid dienone is 1. The number of thioether (sulfide) groups is 1. The van der Waals surface area contributed by atoms with Crippen molar-refractivity contribution >= 4 is 47.5 Å². The zero-order valence-electron chi connectivity index (χ0n) is 15.3. The van der Waals surface area contributed by atoms with Crippen molar-refractivity contribution < 1.29 is 14.4 Å². The summed E-state index contributed by atoms with van der Waals surface area (Å²) in [5.74, 6) is -0.455. The third-order valence-electron chi connectivity index (χ3n) is 4.59. The van der Waals surface area contributed by atoms with Gasteiger partial charge in [0.05, 0.1) is 22.0 Å². The van der Waals surface area contributed by atoms with E-state index < -0.39 is 11.8 Å². The molecule has 0 spiro atoms. The van der Waals surface area contributed by atoms with Gasteiger partial charge in [-0.15, -0.1) is 11.8 Å². The molecular formula is C18H19N7O3S. The van der Waals surface area contributed by atoms with Gasteiger partial charge in [-0.05, 0) is 25.3 Å². The molecule has 150 valence electrons. The van der Waals surface area contributed by atoms with Gasteiger partial charge in [0.25, 0.3) is 11.8 Å². The lowest BCUT2D eigenvalue weighted by atomic mass is 10.2. The molecule has 10 nitrogen and oxygen atoms in total. The van der Waals surface area contributed by atoms with Crippen LogP contribution in [0.5, 0.6) is 0 Å². The summed E-state index contributed by atoms with van der Waals surface area (Å²) < 4.78 is 1.65. The highest BCUT2D eigenvalue weighted by molar-refractivity contribution is 8.04. The van der Waals surface area contributed by atoms with Crippen molar-refractivity contribution in [3.05, 3.63) is 40.2 Å². The molecule has 1 aliphatic carbocycles. The predicted molar refractivity (Wildman–Crippen MR) is 108 cm³/mol. The molecule has 1 saturated carbocycles. The number of nitrogens with one attached hydrogen (secondary N) is 2. The van der Waals surface area contributed by atoms with E-state index in [0.717, 1.165) is 24.4 Å². The minimum atomic E-state index is -0.773. The average molecular weight is 413 g/mol. The van der Waals surface area contributed by atoms with Crippen molar-refractivity contribution in [1.29, 1.82) is 0 Å². The second kappa shape index (κ2) is 7.59. The van der Waals surface area contributed by atoms with Crippen LogP contribution in [0.25, 0.3) is 11.7 Å². The molecule has 1 atom stereocenters. The van der Waals surface area contributed by atoms with Crippen molar-refractivity contribution in [1.82, 2.24) is 19.9 Å². The maximum absolute atomic E-state index is 11.6. The lowest BCUT2D eigenvalue weighted by Gasteiger charge is -2.14. The maximum atomic E-state index is 11.6. The number of anilines is 1. The minimum absolute atomic E-state index is 0.0577.